The lowest BCUT2D eigenvalue weighted by Crippen LogP contribution is -2.26. The van der Waals surface area contributed by atoms with E-state index in [-0.39, 0.29) is 18.8 Å². The van der Waals surface area contributed by atoms with Crippen LogP contribution in [0.3, 0.4) is 0 Å². The van der Waals surface area contributed by atoms with Gasteiger partial charge in [0, 0.05) is 39.1 Å². The number of alkyl halides is 3. The molecule has 0 saturated carbocycles. The first-order valence-corrected chi connectivity index (χ1v) is 16.8. The fraction of sp³-hybridized carbons (Fsp3) is 0.565. The molecule has 0 aromatic carbocycles. The molecule has 3 rings (SSSR count). The highest BCUT2D eigenvalue weighted by molar-refractivity contribution is 7.87. The summed E-state index contributed by atoms with van der Waals surface area (Å²) < 4.78 is 78.2. The Morgan fingerprint density at radius 2 is 2.00 bits per heavy atom. The molecule has 2 aromatic rings. The van der Waals surface area contributed by atoms with E-state index >= 15 is 0 Å². The molecule has 1 aliphatic rings. The van der Waals surface area contributed by atoms with Crippen molar-refractivity contribution in [2.24, 2.45) is 0 Å². The third-order valence-corrected chi connectivity index (χ3v) is 8.23. The lowest BCUT2D eigenvalue weighted by atomic mass is 10.0. The quantitative estimate of drug-likeness (QED) is 0.161. The molecular weight excluding hydrogens is 515 g/mol. The first-order chi connectivity index (χ1) is 16.7. The smallest absolute Gasteiger partial charge is 0.381 e. The van der Waals surface area contributed by atoms with Crippen LogP contribution in [0.25, 0.3) is 11.3 Å². The van der Waals surface area contributed by atoms with Crippen LogP contribution >= 0.6 is 0 Å². The van der Waals surface area contributed by atoms with Crippen LogP contribution in [0.2, 0.25) is 25.7 Å². The topological polar surface area (TPSA) is 92.5 Å². The van der Waals surface area contributed by atoms with E-state index in [0.717, 1.165) is 22.9 Å². The lowest BCUT2D eigenvalue weighted by Gasteiger charge is -2.22. The van der Waals surface area contributed by atoms with E-state index in [1.54, 1.807) is 16.9 Å². The van der Waals surface area contributed by atoms with Gasteiger partial charge in [0.15, 0.2) is 0 Å². The van der Waals surface area contributed by atoms with Gasteiger partial charge in [-0.2, -0.15) is 26.7 Å². The van der Waals surface area contributed by atoms with Gasteiger partial charge in [0.25, 0.3) is 0 Å². The Labute approximate surface area is 210 Å². The summed E-state index contributed by atoms with van der Waals surface area (Å²) in [5.41, 5.74) is -2.44. The van der Waals surface area contributed by atoms with Crippen molar-refractivity contribution in [2.45, 2.75) is 76.8 Å². The molecule has 1 unspecified atom stereocenters. The Hall–Kier alpha value is -2.22. The van der Waals surface area contributed by atoms with Gasteiger partial charge in [0.2, 0.25) is 0 Å². The number of hydrogen-bond acceptors (Lipinski definition) is 7. The predicted molar refractivity (Wildman–Crippen MR) is 131 cm³/mol. The van der Waals surface area contributed by atoms with Gasteiger partial charge in [0.1, 0.15) is 12.5 Å². The van der Waals surface area contributed by atoms with E-state index in [1.807, 2.05) is 19.2 Å². The van der Waals surface area contributed by atoms with Crippen molar-refractivity contribution in [2.75, 3.05) is 6.61 Å². The molecule has 0 radical (unpaired) electrons. The lowest BCUT2D eigenvalue weighted by molar-refractivity contribution is -0.0526. The van der Waals surface area contributed by atoms with Crippen molar-refractivity contribution < 1.29 is 35.2 Å². The number of aromatic nitrogens is 3. The van der Waals surface area contributed by atoms with E-state index in [4.69, 9.17) is 9.47 Å². The van der Waals surface area contributed by atoms with Crippen molar-refractivity contribution in [3.05, 3.63) is 47.6 Å². The SMILES string of the molecule is Cc1cn(COCC[Si](C)(C)C)nc1-c1cccnc1COC1C=C(OS(=O)(=O)C(F)(F)F)CCC1. The fourth-order valence-corrected chi connectivity index (χ4v) is 4.86. The molecule has 0 bridgehead atoms. The number of allylic oxidation sites excluding steroid dienone is 1. The summed E-state index contributed by atoms with van der Waals surface area (Å²) in [5, 5.41) is 4.65. The number of nitrogens with zero attached hydrogens (tertiary/aromatic N) is 3. The first-order valence-electron chi connectivity index (χ1n) is 11.6. The van der Waals surface area contributed by atoms with Crippen LogP contribution in [0.15, 0.2) is 36.4 Å². The zero-order chi connectivity index (χ0) is 26.6. The monoisotopic (exact) mass is 547 g/mol. The Morgan fingerprint density at radius 3 is 2.69 bits per heavy atom. The highest BCUT2D eigenvalue weighted by atomic mass is 32.2. The number of hydrogen-bond donors (Lipinski definition) is 0. The fourth-order valence-electron chi connectivity index (χ4n) is 3.58. The van der Waals surface area contributed by atoms with E-state index < -0.39 is 29.8 Å². The van der Waals surface area contributed by atoms with Crippen molar-refractivity contribution in [1.29, 1.82) is 0 Å². The number of aryl methyl sites for hydroxylation is 1. The molecule has 0 N–H and O–H groups in total. The molecule has 0 fully saturated rings. The normalized spacial score (nSPS) is 17.2. The van der Waals surface area contributed by atoms with Crippen LogP contribution in [0.1, 0.15) is 30.5 Å². The van der Waals surface area contributed by atoms with E-state index in [0.29, 0.717) is 31.9 Å². The number of rotatable bonds is 11. The maximum atomic E-state index is 12.6. The molecule has 1 atom stereocenters. The average Bonchev–Trinajstić information content (AvgIpc) is 3.14. The molecule has 0 aliphatic heterocycles. The standard InChI is InChI=1S/C23H32F3N3O5SSi/c1-17-14-29(16-32-11-12-36(2,3)4)28-22(17)20-9-6-10-27-21(20)15-33-18-7-5-8-19(13-18)34-35(30,31)23(24,25)26/h6,9-10,13-14,18H,5,7-8,11-12,15-16H2,1-4H3. The molecule has 0 amide bonds. The molecule has 2 heterocycles. The van der Waals surface area contributed by atoms with Crippen molar-refractivity contribution >= 4 is 18.2 Å². The van der Waals surface area contributed by atoms with Crippen LogP contribution in [0, 0.1) is 6.92 Å². The van der Waals surface area contributed by atoms with Gasteiger partial charge in [-0.3, -0.25) is 4.98 Å². The summed E-state index contributed by atoms with van der Waals surface area (Å²) in [5.74, 6) is -0.270. The number of halogens is 3. The molecule has 0 spiro atoms. The molecular formula is C23H32F3N3O5SSi. The Kier molecular flexibility index (Phi) is 9.01. The molecule has 0 saturated heterocycles. The van der Waals surface area contributed by atoms with E-state index in [1.165, 1.54) is 6.08 Å². The minimum absolute atomic E-state index is 0.0651. The van der Waals surface area contributed by atoms with Crippen LogP contribution < -0.4 is 0 Å². The van der Waals surface area contributed by atoms with Gasteiger partial charge >= 0.3 is 15.6 Å². The van der Waals surface area contributed by atoms with Crippen LogP contribution in [-0.2, 0) is 37.1 Å². The van der Waals surface area contributed by atoms with Gasteiger partial charge in [-0.05, 0) is 49.6 Å². The highest BCUT2D eigenvalue weighted by Gasteiger charge is 2.49. The first kappa shape index (κ1) is 28.3. The van der Waals surface area contributed by atoms with Crippen molar-refractivity contribution in [3.63, 3.8) is 0 Å². The summed E-state index contributed by atoms with van der Waals surface area (Å²) in [4.78, 5) is 4.41. The van der Waals surface area contributed by atoms with Gasteiger partial charge in [-0.15, -0.1) is 0 Å². The minimum Gasteiger partial charge on any atom is -0.381 e. The Morgan fingerprint density at radius 1 is 1.25 bits per heavy atom. The second-order valence-electron chi connectivity index (χ2n) is 9.90. The van der Waals surface area contributed by atoms with Crippen LogP contribution in [-0.4, -0.2) is 49.5 Å². The molecule has 2 aromatic heterocycles. The van der Waals surface area contributed by atoms with Gasteiger partial charge in [0.05, 0.1) is 24.1 Å². The average molecular weight is 548 g/mol. The number of ether oxygens (including phenoxy) is 2. The highest BCUT2D eigenvalue weighted by Crippen LogP contribution is 2.31. The van der Waals surface area contributed by atoms with Crippen LogP contribution in [0.4, 0.5) is 13.2 Å². The maximum Gasteiger partial charge on any atom is 0.534 e. The van der Waals surface area contributed by atoms with Gasteiger partial charge in [-0.1, -0.05) is 19.6 Å². The predicted octanol–water partition coefficient (Wildman–Crippen LogP) is 5.39. The minimum atomic E-state index is -5.70. The summed E-state index contributed by atoms with van der Waals surface area (Å²) in [6, 6.07) is 4.73. The Balaban J connectivity index is 1.66. The molecule has 200 valence electrons. The summed E-state index contributed by atoms with van der Waals surface area (Å²) in [6.07, 6.45) is 5.23. The molecule has 8 nitrogen and oxygen atoms in total. The third kappa shape index (κ3) is 7.89. The summed E-state index contributed by atoms with van der Waals surface area (Å²) in [6.45, 7) is 9.90. The molecule has 13 heteroatoms. The molecule has 36 heavy (non-hydrogen) atoms. The zero-order valence-electron chi connectivity index (χ0n) is 20.8. The second-order valence-corrected chi connectivity index (χ2v) is 17.1. The van der Waals surface area contributed by atoms with E-state index in [2.05, 4.69) is 33.9 Å². The molecule has 1 aliphatic carbocycles. The summed E-state index contributed by atoms with van der Waals surface area (Å²) >= 11 is 0. The third-order valence-electron chi connectivity index (χ3n) is 5.53. The number of pyridine rings is 1. The zero-order valence-corrected chi connectivity index (χ0v) is 22.7. The largest absolute Gasteiger partial charge is 0.534 e. The van der Waals surface area contributed by atoms with Crippen LogP contribution in [0.5, 0.6) is 0 Å². The maximum absolute atomic E-state index is 12.6. The van der Waals surface area contributed by atoms with Crippen molar-refractivity contribution in [1.82, 2.24) is 14.8 Å². The van der Waals surface area contributed by atoms with Gasteiger partial charge < -0.3 is 13.7 Å². The van der Waals surface area contributed by atoms with Crippen molar-refractivity contribution in [3.8, 4) is 11.3 Å². The van der Waals surface area contributed by atoms with E-state index in [9.17, 15) is 21.6 Å². The second kappa shape index (κ2) is 11.4. The summed E-state index contributed by atoms with van der Waals surface area (Å²) in [7, 11) is -6.88. The van der Waals surface area contributed by atoms with Gasteiger partial charge in [-0.25, -0.2) is 4.68 Å². The Bertz CT molecular complexity index is 1180.